The van der Waals surface area contributed by atoms with Crippen molar-refractivity contribution in [2.24, 2.45) is 0 Å². The number of aromatic hydroxyl groups is 2. The van der Waals surface area contributed by atoms with Gasteiger partial charge in [0.2, 0.25) is 0 Å². The minimum atomic E-state index is -0.549. The Morgan fingerprint density at radius 1 is 0.634 bits per heavy atom. The Morgan fingerprint density at radius 3 is 1.29 bits per heavy atom. The number of ether oxygens (including phenoxy) is 1. The molecule has 0 atom stereocenters. The van der Waals surface area contributed by atoms with Gasteiger partial charge in [0.05, 0.1) is 18.7 Å². The highest BCUT2D eigenvalue weighted by Crippen LogP contribution is 2.41. The molecule has 2 aromatic rings. The lowest BCUT2D eigenvalue weighted by Crippen LogP contribution is -2.37. The van der Waals surface area contributed by atoms with E-state index in [-0.39, 0.29) is 43.7 Å². The molecular formula is C34H51NO6. The summed E-state index contributed by atoms with van der Waals surface area (Å²) >= 11 is 0. The fraction of sp³-hybridized carbons (Fsp3) is 0.588. The van der Waals surface area contributed by atoms with Gasteiger partial charge < -0.3 is 25.0 Å². The molecule has 228 valence electrons. The molecule has 7 heteroatoms. The molecular weight excluding hydrogens is 518 g/mol. The number of hydrogen-bond donors (Lipinski definition) is 3. The van der Waals surface area contributed by atoms with Crippen LogP contribution in [0.25, 0.3) is 0 Å². The highest BCUT2D eigenvalue weighted by Gasteiger charge is 2.30. The SMILES string of the molecule is CC(C)(C)c1cc(C(=O)OCCN(CCO)C(=O)c2cc(C(C)(C)C)c(O)c(C(C)(C)C)c2)cc(C(C)(C)C)c1O. The first-order valence-electron chi connectivity index (χ1n) is 14.3. The monoisotopic (exact) mass is 569 g/mol. The molecule has 0 saturated carbocycles. The zero-order valence-electron chi connectivity index (χ0n) is 27.2. The van der Waals surface area contributed by atoms with Gasteiger partial charge in [-0.05, 0) is 45.9 Å². The first kappa shape index (κ1) is 34.1. The number of phenolic OH excluding ortho intramolecular Hbond substituents is 2. The van der Waals surface area contributed by atoms with Crippen LogP contribution in [0.5, 0.6) is 11.5 Å². The molecule has 0 heterocycles. The van der Waals surface area contributed by atoms with Crippen LogP contribution < -0.4 is 0 Å². The molecule has 41 heavy (non-hydrogen) atoms. The Balaban J connectivity index is 2.36. The molecule has 0 aliphatic carbocycles. The summed E-state index contributed by atoms with van der Waals surface area (Å²) in [5, 5.41) is 31.7. The molecule has 0 aromatic heterocycles. The number of phenols is 2. The van der Waals surface area contributed by atoms with Crippen LogP contribution >= 0.6 is 0 Å². The van der Waals surface area contributed by atoms with E-state index in [9.17, 15) is 24.9 Å². The largest absolute Gasteiger partial charge is 0.507 e. The number of carbonyl (C=O) groups is 2. The van der Waals surface area contributed by atoms with Crippen molar-refractivity contribution in [2.45, 2.75) is 105 Å². The summed E-state index contributed by atoms with van der Waals surface area (Å²) in [6.45, 7) is 23.5. The predicted molar refractivity (Wildman–Crippen MR) is 164 cm³/mol. The van der Waals surface area contributed by atoms with Crippen molar-refractivity contribution in [1.29, 1.82) is 0 Å². The third-order valence-corrected chi connectivity index (χ3v) is 7.19. The third-order valence-electron chi connectivity index (χ3n) is 7.19. The van der Waals surface area contributed by atoms with E-state index in [4.69, 9.17) is 4.74 Å². The zero-order chi connectivity index (χ0) is 31.7. The van der Waals surface area contributed by atoms with Crippen LogP contribution in [0.15, 0.2) is 24.3 Å². The Labute approximate surface area is 246 Å². The van der Waals surface area contributed by atoms with E-state index >= 15 is 0 Å². The van der Waals surface area contributed by atoms with E-state index in [0.717, 1.165) is 0 Å². The van der Waals surface area contributed by atoms with Crippen molar-refractivity contribution in [2.75, 3.05) is 26.3 Å². The Hall–Kier alpha value is -3.06. The van der Waals surface area contributed by atoms with E-state index < -0.39 is 27.6 Å². The maximum Gasteiger partial charge on any atom is 0.338 e. The fourth-order valence-corrected chi connectivity index (χ4v) is 4.75. The Kier molecular flexibility index (Phi) is 10.0. The van der Waals surface area contributed by atoms with Crippen LogP contribution in [-0.2, 0) is 26.4 Å². The molecule has 0 saturated heterocycles. The van der Waals surface area contributed by atoms with Gasteiger partial charge in [-0.1, -0.05) is 83.1 Å². The smallest absolute Gasteiger partial charge is 0.338 e. The molecule has 2 rings (SSSR count). The van der Waals surface area contributed by atoms with Crippen LogP contribution in [0.1, 0.15) is 126 Å². The van der Waals surface area contributed by atoms with E-state index in [1.807, 2.05) is 83.1 Å². The van der Waals surface area contributed by atoms with Gasteiger partial charge in [-0.15, -0.1) is 0 Å². The molecule has 0 radical (unpaired) electrons. The van der Waals surface area contributed by atoms with Gasteiger partial charge in [0.25, 0.3) is 5.91 Å². The standard InChI is InChI=1S/C34H51NO6/c1-31(2,3)23-17-21(18-24(27(23)37)32(4,5)6)29(39)35(13-15-36)14-16-41-30(40)22-19-25(33(7,8)9)28(38)26(20-22)34(10,11)12/h17-20,36-38H,13-16H2,1-12H3. The summed E-state index contributed by atoms with van der Waals surface area (Å²) in [4.78, 5) is 28.3. The minimum absolute atomic E-state index is 0.0640. The number of carbonyl (C=O) groups excluding carboxylic acids is 2. The number of hydrogen-bond acceptors (Lipinski definition) is 6. The number of nitrogens with zero attached hydrogens (tertiary/aromatic N) is 1. The fourth-order valence-electron chi connectivity index (χ4n) is 4.75. The maximum atomic E-state index is 13.7. The first-order valence-corrected chi connectivity index (χ1v) is 14.3. The summed E-state index contributed by atoms with van der Waals surface area (Å²) in [5.74, 6) is -0.505. The summed E-state index contributed by atoms with van der Waals surface area (Å²) in [6.07, 6.45) is 0. The Morgan fingerprint density at radius 2 is 0.976 bits per heavy atom. The number of aliphatic hydroxyl groups is 1. The van der Waals surface area contributed by atoms with Crippen molar-refractivity contribution in [3.63, 3.8) is 0 Å². The van der Waals surface area contributed by atoms with Gasteiger partial charge in [-0.2, -0.15) is 0 Å². The molecule has 2 aromatic carbocycles. The van der Waals surface area contributed by atoms with Crippen molar-refractivity contribution in [1.82, 2.24) is 4.90 Å². The molecule has 0 fully saturated rings. The van der Waals surface area contributed by atoms with E-state index in [2.05, 4.69) is 0 Å². The Bertz CT molecular complexity index is 1200. The van der Waals surface area contributed by atoms with Crippen LogP contribution in [0.2, 0.25) is 0 Å². The van der Waals surface area contributed by atoms with Gasteiger partial charge in [0.15, 0.2) is 0 Å². The van der Waals surface area contributed by atoms with Crippen molar-refractivity contribution in [3.8, 4) is 11.5 Å². The lowest BCUT2D eigenvalue weighted by molar-refractivity contribution is 0.0422. The van der Waals surface area contributed by atoms with Crippen LogP contribution in [0.4, 0.5) is 0 Å². The van der Waals surface area contributed by atoms with Crippen LogP contribution in [0.3, 0.4) is 0 Å². The average molecular weight is 570 g/mol. The minimum Gasteiger partial charge on any atom is -0.507 e. The normalized spacial score (nSPS) is 12.8. The lowest BCUT2D eigenvalue weighted by atomic mass is 9.78. The van der Waals surface area contributed by atoms with Crippen LogP contribution in [-0.4, -0.2) is 58.4 Å². The summed E-state index contributed by atoms with van der Waals surface area (Å²) in [7, 11) is 0. The highest BCUT2D eigenvalue weighted by atomic mass is 16.5. The zero-order valence-corrected chi connectivity index (χ0v) is 27.2. The van der Waals surface area contributed by atoms with Gasteiger partial charge in [0.1, 0.15) is 18.1 Å². The number of benzene rings is 2. The van der Waals surface area contributed by atoms with Gasteiger partial charge in [-0.3, -0.25) is 4.79 Å². The van der Waals surface area contributed by atoms with E-state index in [1.54, 1.807) is 24.3 Å². The van der Waals surface area contributed by atoms with E-state index in [0.29, 0.717) is 33.4 Å². The van der Waals surface area contributed by atoms with Gasteiger partial charge in [0, 0.05) is 34.4 Å². The van der Waals surface area contributed by atoms with Crippen LogP contribution in [0, 0.1) is 0 Å². The maximum absolute atomic E-state index is 13.7. The molecule has 0 bridgehead atoms. The predicted octanol–water partition coefficient (Wildman–Crippen LogP) is 6.58. The van der Waals surface area contributed by atoms with Crippen molar-refractivity contribution in [3.05, 3.63) is 57.6 Å². The number of aliphatic hydroxyl groups excluding tert-OH is 1. The summed E-state index contributed by atoms with van der Waals surface area (Å²) in [6, 6.07) is 6.76. The highest BCUT2D eigenvalue weighted by molar-refractivity contribution is 5.95. The number of amides is 1. The topological polar surface area (TPSA) is 107 Å². The molecule has 3 N–H and O–H groups in total. The second-order valence-corrected chi connectivity index (χ2v) is 15.0. The second-order valence-electron chi connectivity index (χ2n) is 15.0. The molecule has 0 unspecified atom stereocenters. The molecule has 0 aliphatic rings. The molecule has 0 aliphatic heterocycles. The third kappa shape index (κ3) is 8.25. The molecule has 1 amide bonds. The van der Waals surface area contributed by atoms with E-state index in [1.165, 1.54) is 4.90 Å². The van der Waals surface area contributed by atoms with Gasteiger partial charge in [-0.25, -0.2) is 4.79 Å². The molecule has 7 nitrogen and oxygen atoms in total. The second kappa shape index (κ2) is 12.0. The lowest BCUT2D eigenvalue weighted by Gasteiger charge is -2.29. The average Bonchev–Trinajstić information content (AvgIpc) is 2.80. The summed E-state index contributed by atoms with van der Waals surface area (Å²) < 4.78 is 5.61. The number of rotatable bonds is 7. The van der Waals surface area contributed by atoms with Crippen molar-refractivity contribution < 1.29 is 29.6 Å². The van der Waals surface area contributed by atoms with Gasteiger partial charge >= 0.3 is 5.97 Å². The molecule has 0 spiro atoms. The van der Waals surface area contributed by atoms with Crippen molar-refractivity contribution >= 4 is 11.9 Å². The first-order chi connectivity index (χ1) is 18.5. The number of esters is 1. The quantitative estimate of drug-likeness (QED) is 0.325. The summed E-state index contributed by atoms with van der Waals surface area (Å²) in [5.41, 5.74) is 1.79.